The van der Waals surface area contributed by atoms with Crippen molar-refractivity contribution < 1.29 is 4.79 Å². The zero-order valence-electron chi connectivity index (χ0n) is 18.5. The first-order valence-corrected chi connectivity index (χ1v) is 11.8. The van der Waals surface area contributed by atoms with E-state index in [1.54, 1.807) is 16.3 Å². The molecular weight excluding hydrogens is 408 g/mol. The van der Waals surface area contributed by atoms with Gasteiger partial charge in [0.15, 0.2) is 0 Å². The normalized spacial score (nSPS) is 18.0. The molecule has 7 nitrogen and oxygen atoms in total. The SMILES string of the molecule is C=NN(/C(=C(\C)C(=O)N1CCN(CC)CC1)C1CC1)c1ncc(C)c(-c2cccs2)n1. The van der Waals surface area contributed by atoms with Crippen LogP contribution in [0, 0.1) is 12.8 Å². The third-order valence-electron chi connectivity index (χ3n) is 6.05. The lowest BCUT2D eigenvalue weighted by Crippen LogP contribution is -2.49. The van der Waals surface area contributed by atoms with Gasteiger partial charge in [-0.25, -0.2) is 15.0 Å². The number of aromatic nitrogens is 2. The lowest BCUT2D eigenvalue weighted by Gasteiger charge is -2.35. The van der Waals surface area contributed by atoms with Gasteiger partial charge < -0.3 is 9.80 Å². The molecule has 164 valence electrons. The van der Waals surface area contributed by atoms with Gasteiger partial charge >= 0.3 is 0 Å². The fraction of sp³-hybridized carbons (Fsp3) is 0.478. The van der Waals surface area contributed by atoms with Crippen molar-refractivity contribution in [3.8, 4) is 10.6 Å². The molecule has 2 fully saturated rings. The third-order valence-corrected chi connectivity index (χ3v) is 6.92. The van der Waals surface area contributed by atoms with Crippen molar-refractivity contribution >= 4 is 29.9 Å². The van der Waals surface area contributed by atoms with Crippen LogP contribution in [0.2, 0.25) is 0 Å². The number of carbonyl (C=O) groups is 1. The highest BCUT2D eigenvalue weighted by Crippen LogP contribution is 2.41. The molecule has 1 aliphatic carbocycles. The number of likely N-dealkylation sites (N-methyl/N-ethyl adjacent to an activating group) is 1. The van der Waals surface area contributed by atoms with Crippen LogP contribution in [0.5, 0.6) is 0 Å². The monoisotopic (exact) mass is 438 g/mol. The maximum atomic E-state index is 13.3. The summed E-state index contributed by atoms with van der Waals surface area (Å²) in [6.07, 6.45) is 3.90. The Morgan fingerprint density at radius 2 is 2.06 bits per heavy atom. The standard InChI is InChI=1S/C23H30N6OS/c1-5-27-10-12-28(13-11-27)22(30)17(3)21(18-8-9-18)29(24-4)23-25-15-16(2)20(26-23)19-7-6-14-31-19/h6-7,14-15,18H,4-5,8-13H2,1-3H3/b21-17+. The number of piperazine rings is 1. The molecule has 1 aliphatic heterocycles. The van der Waals surface area contributed by atoms with E-state index < -0.39 is 0 Å². The molecule has 2 aliphatic rings. The topological polar surface area (TPSA) is 64.9 Å². The maximum absolute atomic E-state index is 13.3. The van der Waals surface area contributed by atoms with E-state index in [1.165, 1.54) is 0 Å². The minimum absolute atomic E-state index is 0.0805. The number of hydrogen-bond acceptors (Lipinski definition) is 7. The number of nitrogens with zero attached hydrogens (tertiary/aromatic N) is 6. The number of thiophene rings is 1. The van der Waals surface area contributed by atoms with E-state index in [1.807, 2.05) is 36.4 Å². The highest BCUT2D eigenvalue weighted by Gasteiger charge is 2.36. The summed E-state index contributed by atoms with van der Waals surface area (Å²) < 4.78 is 0. The zero-order chi connectivity index (χ0) is 22.0. The molecule has 0 spiro atoms. The smallest absolute Gasteiger partial charge is 0.251 e. The third kappa shape index (κ3) is 4.55. The van der Waals surface area contributed by atoms with Gasteiger partial charge in [0, 0.05) is 50.6 Å². The molecule has 2 aromatic rings. The molecule has 1 saturated carbocycles. The van der Waals surface area contributed by atoms with Crippen molar-refractivity contribution in [2.75, 3.05) is 37.7 Å². The molecule has 0 bridgehead atoms. The molecule has 0 radical (unpaired) electrons. The number of carbonyl (C=O) groups excluding carboxylic acids is 1. The minimum atomic E-state index is 0.0805. The molecule has 2 aromatic heterocycles. The van der Waals surface area contributed by atoms with Crippen LogP contribution in [0.25, 0.3) is 10.6 Å². The van der Waals surface area contributed by atoms with E-state index in [9.17, 15) is 4.79 Å². The van der Waals surface area contributed by atoms with Crippen LogP contribution in [-0.4, -0.2) is 65.1 Å². The van der Waals surface area contributed by atoms with Crippen LogP contribution in [0.4, 0.5) is 5.95 Å². The molecule has 0 atom stereocenters. The first kappa shape index (κ1) is 21.6. The highest BCUT2D eigenvalue weighted by molar-refractivity contribution is 7.13. The summed E-state index contributed by atoms with van der Waals surface area (Å²) in [6.45, 7) is 14.2. The van der Waals surface area contributed by atoms with Gasteiger partial charge in [-0.3, -0.25) is 4.79 Å². The van der Waals surface area contributed by atoms with Gasteiger partial charge in [-0.05, 0) is 50.2 Å². The number of rotatable bonds is 7. The van der Waals surface area contributed by atoms with Crippen LogP contribution in [0.3, 0.4) is 0 Å². The molecule has 1 saturated heterocycles. The Kier molecular flexibility index (Phi) is 6.48. The molecule has 0 unspecified atom stereocenters. The van der Waals surface area contributed by atoms with Crippen molar-refractivity contribution in [1.29, 1.82) is 0 Å². The first-order valence-electron chi connectivity index (χ1n) is 10.9. The molecule has 0 N–H and O–H groups in total. The fourth-order valence-electron chi connectivity index (χ4n) is 4.05. The Hall–Kier alpha value is -2.58. The predicted molar refractivity (Wildman–Crippen MR) is 126 cm³/mol. The molecule has 31 heavy (non-hydrogen) atoms. The number of amides is 1. The van der Waals surface area contributed by atoms with Crippen molar-refractivity contribution in [3.63, 3.8) is 0 Å². The van der Waals surface area contributed by atoms with Gasteiger partial charge in [0.05, 0.1) is 16.3 Å². The van der Waals surface area contributed by atoms with Crippen LogP contribution in [0.15, 0.2) is 40.1 Å². The number of allylic oxidation sites excluding steroid dienone is 1. The van der Waals surface area contributed by atoms with Crippen LogP contribution < -0.4 is 5.01 Å². The van der Waals surface area contributed by atoms with Gasteiger partial charge in [-0.2, -0.15) is 5.10 Å². The lowest BCUT2D eigenvalue weighted by atomic mass is 10.1. The van der Waals surface area contributed by atoms with E-state index in [0.29, 0.717) is 11.9 Å². The molecule has 8 heteroatoms. The van der Waals surface area contributed by atoms with Crippen molar-refractivity contribution in [2.24, 2.45) is 11.0 Å². The van der Waals surface area contributed by atoms with Crippen molar-refractivity contribution in [3.05, 3.63) is 40.5 Å². The Balaban J connectivity index is 1.66. The Morgan fingerprint density at radius 1 is 1.32 bits per heavy atom. The lowest BCUT2D eigenvalue weighted by molar-refractivity contribution is -0.128. The van der Waals surface area contributed by atoms with Crippen LogP contribution in [-0.2, 0) is 4.79 Å². The van der Waals surface area contributed by atoms with Gasteiger partial charge in [-0.15, -0.1) is 11.3 Å². The largest absolute Gasteiger partial charge is 0.336 e. The quantitative estimate of drug-likeness (QED) is 0.374. The highest BCUT2D eigenvalue weighted by atomic mass is 32.1. The first-order chi connectivity index (χ1) is 15.0. The molecule has 0 aromatic carbocycles. The van der Waals surface area contributed by atoms with Gasteiger partial charge in [-0.1, -0.05) is 13.0 Å². The summed E-state index contributed by atoms with van der Waals surface area (Å²) in [4.78, 5) is 28.1. The van der Waals surface area contributed by atoms with Crippen molar-refractivity contribution in [1.82, 2.24) is 19.8 Å². The second kappa shape index (κ2) is 9.28. The van der Waals surface area contributed by atoms with E-state index >= 15 is 0 Å². The van der Waals surface area contributed by atoms with Gasteiger partial charge in [0.2, 0.25) is 0 Å². The van der Waals surface area contributed by atoms with E-state index in [2.05, 4.69) is 34.7 Å². The predicted octanol–water partition coefficient (Wildman–Crippen LogP) is 3.78. The van der Waals surface area contributed by atoms with Crippen LogP contribution in [0.1, 0.15) is 32.3 Å². The second-order valence-electron chi connectivity index (χ2n) is 8.14. The maximum Gasteiger partial charge on any atom is 0.251 e. The molecular formula is C23H30N6OS. The van der Waals surface area contributed by atoms with Crippen LogP contribution >= 0.6 is 11.3 Å². The summed E-state index contributed by atoms with van der Waals surface area (Å²) >= 11 is 1.65. The fourth-order valence-corrected chi connectivity index (χ4v) is 4.83. The number of anilines is 1. The molecule has 3 heterocycles. The summed E-state index contributed by atoms with van der Waals surface area (Å²) in [5.74, 6) is 0.840. The van der Waals surface area contributed by atoms with E-state index in [0.717, 1.165) is 73.0 Å². The second-order valence-corrected chi connectivity index (χ2v) is 9.09. The average Bonchev–Trinajstić information content (AvgIpc) is 3.49. The number of hydrazone groups is 1. The number of aryl methyl sites for hydroxylation is 1. The average molecular weight is 439 g/mol. The summed E-state index contributed by atoms with van der Waals surface area (Å²) in [5.41, 5.74) is 3.51. The van der Waals surface area contributed by atoms with E-state index in [4.69, 9.17) is 4.98 Å². The summed E-state index contributed by atoms with van der Waals surface area (Å²) in [7, 11) is 0. The molecule has 1 amide bonds. The Labute approximate surface area is 188 Å². The Bertz CT molecular complexity index is 974. The van der Waals surface area contributed by atoms with Gasteiger partial charge in [0.1, 0.15) is 0 Å². The van der Waals surface area contributed by atoms with E-state index in [-0.39, 0.29) is 5.91 Å². The summed E-state index contributed by atoms with van der Waals surface area (Å²) in [6, 6.07) is 4.07. The minimum Gasteiger partial charge on any atom is -0.336 e. The molecule has 4 rings (SSSR count). The van der Waals surface area contributed by atoms with Crippen molar-refractivity contribution in [2.45, 2.75) is 33.6 Å². The number of hydrogen-bond donors (Lipinski definition) is 0. The summed E-state index contributed by atoms with van der Waals surface area (Å²) in [5, 5.41) is 7.99. The van der Waals surface area contributed by atoms with Gasteiger partial charge in [0.25, 0.3) is 11.9 Å². The zero-order valence-corrected chi connectivity index (χ0v) is 19.4. The Morgan fingerprint density at radius 3 is 2.65 bits per heavy atom.